The fraction of sp³-hybridized carbons (Fsp3) is 0.472. The third-order valence-electron chi connectivity index (χ3n) is 13.6. The molecule has 1 unspecified atom stereocenters. The van der Waals surface area contributed by atoms with E-state index in [1.165, 1.54) is 49.5 Å². The molecule has 75 heavy (non-hydrogen) atoms. The van der Waals surface area contributed by atoms with Crippen LogP contribution in [0.2, 0.25) is 0 Å². The summed E-state index contributed by atoms with van der Waals surface area (Å²) in [4.78, 5) is 76.1. The molecule has 8 rings (SSSR count). The molecule has 402 valence electrons. The maximum atomic E-state index is 14.4. The number of benzene rings is 3. The number of carbonyl (C=O) groups is 5. The first-order chi connectivity index (χ1) is 35.9. The summed E-state index contributed by atoms with van der Waals surface area (Å²) in [6, 6.07) is 9.27. The van der Waals surface area contributed by atoms with Crippen molar-refractivity contribution in [3.05, 3.63) is 89.0 Å². The molecule has 5 aliphatic rings. The number of aliphatic hydroxyl groups is 4. The number of ether oxygens (including phenoxy) is 7. The Balaban J connectivity index is 0.957. The molecular weight excluding hydrogens is 979 g/mol. The molecule has 22 heteroatoms. The third-order valence-corrected chi connectivity index (χ3v) is 13.6. The van der Waals surface area contributed by atoms with Crippen molar-refractivity contribution < 1.29 is 82.7 Å². The summed E-state index contributed by atoms with van der Waals surface area (Å²) < 4.78 is 40.4. The zero-order valence-corrected chi connectivity index (χ0v) is 42.1. The fourth-order valence-electron chi connectivity index (χ4n) is 9.54. The smallest absolute Gasteiger partial charge is 0.416 e. The first-order valence-corrected chi connectivity index (χ1v) is 24.7. The number of carbonyl (C=O) groups excluding carboxylic acids is 4. The van der Waals surface area contributed by atoms with Gasteiger partial charge in [0, 0.05) is 38.0 Å². The molecule has 0 aromatic heterocycles. The second-order valence-corrected chi connectivity index (χ2v) is 19.4. The van der Waals surface area contributed by atoms with Gasteiger partial charge in [-0.15, -0.1) is 0 Å². The number of rotatable bonds is 19. The van der Waals surface area contributed by atoms with Crippen molar-refractivity contribution in [3.63, 3.8) is 0 Å². The van der Waals surface area contributed by atoms with E-state index in [0.717, 1.165) is 10.5 Å². The number of fused-ring (bicyclic) bond motifs is 4. The van der Waals surface area contributed by atoms with Gasteiger partial charge in [0.05, 0.1) is 67.6 Å². The van der Waals surface area contributed by atoms with Crippen LogP contribution < -0.4 is 33.9 Å². The predicted molar refractivity (Wildman–Crippen MR) is 268 cm³/mol. The topological polar surface area (TPSA) is 285 Å². The lowest BCUT2D eigenvalue weighted by molar-refractivity contribution is -0.271. The largest absolute Gasteiger partial charge is 0.493 e. The van der Waals surface area contributed by atoms with Gasteiger partial charge in [-0.2, -0.15) is 0 Å². The van der Waals surface area contributed by atoms with Crippen LogP contribution in [0.15, 0.2) is 71.8 Å². The summed E-state index contributed by atoms with van der Waals surface area (Å²) in [6.07, 6.45) is -7.24. The zero-order chi connectivity index (χ0) is 53.8. The predicted octanol–water partition coefficient (Wildman–Crippen LogP) is 4.11. The van der Waals surface area contributed by atoms with E-state index in [9.17, 15) is 49.5 Å². The Labute approximate surface area is 432 Å². The van der Waals surface area contributed by atoms with Crippen LogP contribution in [0.5, 0.6) is 28.7 Å². The van der Waals surface area contributed by atoms with E-state index in [2.05, 4.69) is 23.5 Å². The van der Waals surface area contributed by atoms with Gasteiger partial charge in [0.1, 0.15) is 30.7 Å². The number of anilines is 1. The molecule has 22 nitrogen and oxygen atoms in total. The summed E-state index contributed by atoms with van der Waals surface area (Å²) >= 11 is 0. The molecule has 0 saturated carbocycles. The van der Waals surface area contributed by atoms with E-state index in [1.54, 1.807) is 23.2 Å². The summed E-state index contributed by atoms with van der Waals surface area (Å²) in [6.45, 7) is 12.9. The van der Waals surface area contributed by atoms with Crippen molar-refractivity contribution in [2.24, 2.45) is 10.9 Å². The van der Waals surface area contributed by atoms with Gasteiger partial charge in [-0.1, -0.05) is 44.2 Å². The average Bonchev–Trinajstić information content (AvgIpc) is 3.93. The minimum atomic E-state index is -1.98. The highest BCUT2D eigenvalue weighted by Gasteiger charge is 2.49. The number of amides is 4. The number of hydrogen-bond acceptors (Lipinski definition) is 17. The second kappa shape index (κ2) is 23.1. The van der Waals surface area contributed by atoms with Crippen molar-refractivity contribution in [2.45, 2.75) is 108 Å². The summed E-state index contributed by atoms with van der Waals surface area (Å²) in [5, 5.41) is 55.5. The van der Waals surface area contributed by atoms with Crippen LogP contribution in [0.25, 0.3) is 0 Å². The van der Waals surface area contributed by atoms with Crippen LogP contribution in [0.1, 0.15) is 89.0 Å². The third kappa shape index (κ3) is 11.5. The molecule has 3 saturated heterocycles. The number of carboxylic acid groups (broad SMARTS) is 1. The number of aliphatic carboxylic acids is 1. The van der Waals surface area contributed by atoms with Crippen LogP contribution in [-0.4, -0.2) is 167 Å². The van der Waals surface area contributed by atoms with Crippen molar-refractivity contribution in [1.29, 1.82) is 0 Å². The molecule has 3 aromatic rings. The van der Waals surface area contributed by atoms with Crippen molar-refractivity contribution in [2.75, 3.05) is 52.0 Å². The highest BCUT2D eigenvalue weighted by Crippen LogP contribution is 2.43. The van der Waals surface area contributed by atoms with E-state index in [1.807, 2.05) is 13.8 Å². The number of hydrogen-bond donors (Lipinski definition) is 6. The monoisotopic (exact) mass is 1040 g/mol. The van der Waals surface area contributed by atoms with E-state index >= 15 is 0 Å². The van der Waals surface area contributed by atoms with Crippen molar-refractivity contribution in [3.8, 4) is 28.7 Å². The van der Waals surface area contributed by atoms with E-state index in [4.69, 9.17) is 33.2 Å². The number of aliphatic hydroxyl groups excluding tert-OH is 4. The maximum absolute atomic E-state index is 14.4. The average molecular weight is 1040 g/mol. The normalized spacial score (nSPS) is 23.9. The van der Waals surface area contributed by atoms with Gasteiger partial charge in [-0.3, -0.25) is 19.4 Å². The van der Waals surface area contributed by atoms with E-state index < -0.39 is 73.5 Å². The highest BCUT2D eigenvalue weighted by molar-refractivity contribution is 6.06. The van der Waals surface area contributed by atoms with Crippen LogP contribution in [0.4, 0.5) is 16.2 Å². The van der Waals surface area contributed by atoms with Gasteiger partial charge in [0.2, 0.25) is 6.29 Å². The molecule has 8 atom stereocenters. The van der Waals surface area contributed by atoms with Gasteiger partial charge in [0.15, 0.2) is 35.3 Å². The first-order valence-electron chi connectivity index (χ1n) is 24.7. The summed E-state index contributed by atoms with van der Waals surface area (Å²) in [5.74, 6) is -1.63. The number of nitrogens with zero attached hydrogens (tertiary/aromatic N) is 4. The zero-order valence-electron chi connectivity index (χ0n) is 42.1. The minimum Gasteiger partial charge on any atom is -0.493 e. The van der Waals surface area contributed by atoms with Crippen LogP contribution in [0, 0.1) is 5.92 Å². The lowest BCUT2D eigenvalue weighted by Gasteiger charge is -2.38. The molecule has 0 radical (unpaired) electrons. The van der Waals surface area contributed by atoms with Gasteiger partial charge < -0.3 is 73.8 Å². The summed E-state index contributed by atoms with van der Waals surface area (Å²) in [7, 11) is 2.92. The molecule has 3 aromatic carbocycles. The molecular formula is C53H63N5O17. The molecule has 0 bridgehead atoms. The maximum Gasteiger partial charge on any atom is 0.416 e. The Bertz CT molecular complexity index is 2750. The molecule has 0 aliphatic carbocycles. The molecule has 5 heterocycles. The lowest BCUT2D eigenvalue weighted by Crippen LogP contribution is -2.61. The van der Waals surface area contributed by atoms with Crippen molar-refractivity contribution in [1.82, 2.24) is 15.1 Å². The molecule has 4 amide bonds. The Morgan fingerprint density at radius 2 is 1.45 bits per heavy atom. The second-order valence-electron chi connectivity index (χ2n) is 19.4. The number of carboxylic acids is 1. The number of nitrogens with one attached hydrogen (secondary N) is 1. The molecule has 3 fully saturated rings. The number of unbranched alkanes of at least 4 members (excludes halogenated alkanes) is 2. The van der Waals surface area contributed by atoms with Gasteiger partial charge in [0.25, 0.3) is 17.7 Å². The van der Waals surface area contributed by atoms with Gasteiger partial charge in [-0.25, -0.2) is 14.5 Å². The van der Waals surface area contributed by atoms with Crippen LogP contribution in [-0.2, 0) is 20.9 Å². The SMILES string of the molecule is C=C1C[C@H]2C=Nc3cc(OCCCCCOc4cc5c(cc4OC)C(=O)N4CC(=C)C[C@H]4C(O)N5C(=O)OCc4ccc(O[C@@H]5O[C@H](C(=O)O)[C@@H](O)[C@H](O)[C@H]5O)c(C(=O)NCCC(C)C)c4)c(OC)cc3C(=O)N2C1. The van der Waals surface area contributed by atoms with Gasteiger partial charge in [-0.05, 0) is 74.3 Å². The van der Waals surface area contributed by atoms with E-state index in [-0.39, 0.29) is 83.6 Å². The fourth-order valence-corrected chi connectivity index (χ4v) is 9.54. The highest BCUT2D eigenvalue weighted by atomic mass is 16.7. The Hall–Kier alpha value is -7.24. The Morgan fingerprint density at radius 1 is 0.800 bits per heavy atom. The Morgan fingerprint density at radius 3 is 2.13 bits per heavy atom. The number of methoxy groups -OCH3 is 2. The summed E-state index contributed by atoms with van der Waals surface area (Å²) in [5.41, 5.74) is 2.69. The van der Waals surface area contributed by atoms with E-state index in [0.29, 0.717) is 73.6 Å². The first kappa shape index (κ1) is 54.0. The number of aliphatic imine (C=N–C) groups is 1. The lowest BCUT2D eigenvalue weighted by atomic mass is 9.99. The quantitative estimate of drug-likeness (QED) is 0.0728. The van der Waals surface area contributed by atoms with Gasteiger partial charge >= 0.3 is 12.1 Å². The standard InChI is InChI=1S/C53H63N5O17/c1-27(2)12-13-54-47(62)34-18-30(10-11-38(34)74-52-45(61)43(59)44(60)46(75-52)51(66)67)26-73-53(68)58-36-22-42(40(70-6)20-33(36)49(64)57-25-29(4)17-37(57)50(58)65)72-15-9-7-8-14-71-41-21-35-32(19-39(41)69-5)48(63)56-24-28(3)16-31(56)23-55-35/h10-11,18-23,27,31,37,43-46,50,52,59-61,65H,3-4,7-9,12-17,24-26H2,1-2,5-6H3,(H,54,62)(H,66,67)/t31-,37-,43-,44-,45+,46-,50?,52+/m0/s1. The Kier molecular flexibility index (Phi) is 16.7. The van der Waals surface area contributed by atoms with Crippen LogP contribution >= 0.6 is 0 Å². The van der Waals surface area contributed by atoms with Crippen molar-refractivity contribution >= 4 is 47.4 Å². The molecule has 5 aliphatic heterocycles. The molecule has 0 spiro atoms. The van der Waals surface area contributed by atoms with Crippen LogP contribution in [0.3, 0.4) is 0 Å². The minimum absolute atomic E-state index is 0.0136. The molecule has 6 N–H and O–H groups in total.